The maximum Gasteiger partial charge on any atom is 0.205 e. The molecule has 0 fully saturated rings. The van der Waals surface area contributed by atoms with Crippen LogP contribution in [0.25, 0.3) is 22.5 Å². The van der Waals surface area contributed by atoms with Gasteiger partial charge in [-0.3, -0.25) is 0 Å². The Balaban J connectivity index is 1.65. The van der Waals surface area contributed by atoms with E-state index in [1.54, 1.807) is 0 Å². The van der Waals surface area contributed by atoms with E-state index in [1.807, 2.05) is 53.1 Å². The van der Waals surface area contributed by atoms with Gasteiger partial charge in [0.05, 0.1) is 12.3 Å². The van der Waals surface area contributed by atoms with Gasteiger partial charge in [0, 0.05) is 12.1 Å². The standard InChI is InChI=1S/C18H14BrClN6O/c19-18-21-16(20)15(10-27)26(18)9-11-5-7-12(8-6-11)13-3-1-2-4-14(13)17-22-24-25-23-17/h1-8,27H,9-10H2,(H,22,23,24,25). The third-order valence-electron chi connectivity index (χ3n) is 4.25. The van der Waals surface area contributed by atoms with Crippen molar-refractivity contribution in [2.45, 2.75) is 13.2 Å². The predicted octanol–water partition coefficient (Wildman–Crippen LogP) is 3.69. The van der Waals surface area contributed by atoms with Gasteiger partial charge >= 0.3 is 0 Å². The molecule has 0 radical (unpaired) electrons. The lowest BCUT2D eigenvalue weighted by Crippen LogP contribution is -2.05. The van der Waals surface area contributed by atoms with E-state index < -0.39 is 0 Å². The number of aliphatic hydroxyl groups is 1. The summed E-state index contributed by atoms with van der Waals surface area (Å²) in [6.45, 7) is 0.372. The van der Waals surface area contributed by atoms with Crippen LogP contribution in [0.4, 0.5) is 0 Å². The first-order valence-corrected chi connectivity index (χ1v) is 9.28. The number of aliphatic hydroxyl groups excluding tert-OH is 1. The summed E-state index contributed by atoms with van der Waals surface area (Å²) in [5.41, 5.74) is 4.61. The van der Waals surface area contributed by atoms with E-state index in [0.717, 1.165) is 22.3 Å². The van der Waals surface area contributed by atoms with Gasteiger partial charge in [0.15, 0.2) is 9.89 Å². The Morgan fingerprint density at radius 2 is 1.81 bits per heavy atom. The summed E-state index contributed by atoms with van der Waals surface area (Å²) >= 11 is 9.43. The summed E-state index contributed by atoms with van der Waals surface area (Å²) in [7, 11) is 0. The number of hydrogen-bond donors (Lipinski definition) is 2. The minimum atomic E-state index is -0.173. The van der Waals surface area contributed by atoms with Crippen molar-refractivity contribution in [2.24, 2.45) is 0 Å². The lowest BCUT2D eigenvalue weighted by Gasteiger charge is -2.10. The molecule has 4 rings (SSSR count). The zero-order chi connectivity index (χ0) is 18.8. The van der Waals surface area contributed by atoms with Crippen LogP contribution < -0.4 is 0 Å². The number of tetrazole rings is 1. The van der Waals surface area contributed by atoms with Gasteiger partial charge in [-0.25, -0.2) is 4.98 Å². The molecule has 0 aliphatic heterocycles. The number of nitrogens with zero attached hydrogens (tertiary/aromatic N) is 5. The van der Waals surface area contributed by atoms with Crippen molar-refractivity contribution >= 4 is 27.5 Å². The van der Waals surface area contributed by atoms with Crippen LogP contribution in [0.5, 0.6) is 0 Å². The number of imidazole rings is 1. The fourth-order valence-corrected chi connectivity index (χ4v) is 3.78. The summed E-state index contributed by atoms with van der Waals surface area (Å²) in [6, 6.07) is 16.1. The summed E-state index contributed by atoms with van der Waals surface area (Å²) in [5, 5.41) is 24.1. The number of nitrogens with one attached hydrogen (secondary N) is 1. The summed E-state index contributed by atoms with van der Waals surface area (Å²) in [4.78, 5) is 4.15. The highest BCUT2D eigenvalue weighted by molar-refractivity contribution is 9.10. The van der Waals surface area contributed by atoms with E-state index in [1.165, 1.54) is 0 Å². The van der Waals surface area contributed by atoms with E-state index in [-0.39, 0.29) is 6.61 Å². The SMILES string of the molecule is OCc1c(Cl)nc(Br)n1Cc1ccc(-c2ccccc2-c2nn[nH]n2)cc1. The second-order valence-corrected chi connectivity index (χ2v) is 6.91. The van der Waals surface area contributed by atoms with Crippen LogP contribution in [0.1, 0.15) is 11.3 Å². The van der Waals surface area contributed by atoms with E-state index in [2.05, 4.69) is 41.5 Å². The zero-order valence-corrected chi connectivity index (χ0v) is 16.3. The molecule has 27 heavy (non-hydrogen) atoms. The minimum Gasteiger partial charge on any atom is -0.390 e. The van der Waals surface area contributed by atoms with Gasteiger partial charge in [0.25, 0.3) is 0 Å². The molecule has 7 nitrogen and oxygen atoms in total. The molecule has 9 heteroatoms. The minimum absolute atomic E-state index is 0.173. The number of halogens is 2. The molecule has 2 aromatic heterocycles. The van der Waals surface area contributed by atoms with Crippen molar-refractivity contribution in [1.82, 2.24) is 30.2 Å². The lowest BCUT2D eigenvalue weighted by atomic mass is 9.98. The van der Waals surface area contributed by atoms with Gasteiger partial charge in [-0.15, -0.1) is 10.2 Å². The molecule has 136 valence electrons. The Kier molecular flexibility index (Phi) is 5.02. The van der Waals surface area contributed by atoms with Crippen LogP contribution in [0.15, 0.2) is 53.3 Å². The molecule has 0 saturated heterocycles. The van der Waals surface area contributed by atoms with Gasteiger partial charge in [-0.2, -0.15) is 5.21 Å². The molecule has 2 heterocycles. The Labute approximate surface area is 168 Å². The Morgan fingerprint density at radius 1 is 1.07 bits per heavy atom. The van der Waals surface area contributed by atoms with Crippen LogP contribution in [-0.2, 0) is 13.2 Å². The second kappa shape index (κ2) is 7.59. The Morgan fingerprint density at radius 3 is 2.48 bits per heavy atom. The second-order valence-electron chi connectivity index (χ2n) is 5.84. The highest BCUT2D eigenvalue weighted by atomic mass is 79.9. The largest absolute Gasteiger partial charge is 0.390 e. The fraction of sp³-hybridized carbons (Fsp3) is 0.111. The maximum absolute atomic E-state index is 9.52. The van der Waals surface area contributed by atoms with Crippen molar-refractivity contribution in [3.63, 3.8) is 0 Å². The van der Waals surface area contributed by atoms with Gasteiger partial charge in [-0.05, 0) is 37.8 Å². The van der Waals surface area contributed by atoms with Crippen LogP contribution in [-0.4, -0.2) is 35.3 Å². The number of H-pyrrole nitrogens is 1. The highest BCUT2D eigenvalue weighted by Crippen LogP contribution is 2.30. The van der Waals surface area contributed by atoms with Crippen LogP contribution >= 0.6 is 27.5 Å². The van der Waals surface area contributed by atoms with Crippen molar-refractivity contribution in [3.8, 4) is 22.5 Å². The first-order chi connectivity index (χ1) is 13.2. The topological polar surface area (TPSA) is 92.5 Å². The van der Waals surface area contributed by atoms with Crippen molar-refractivity contribution in [2.75, 3.05) is 0 Å². The van der Waals surface area contributed by atoms with E-state index >= 15 is 0 Å². The molecule has 0 atom stereocenters. The summed E-state index contributed by atoms with van der Waals surface area (Å²) in [6.07, 6.45) is 0. The van der Waals surface area contributed by atoms with Gasteiger partial charge in [0.1, 0.15) is 0 Å². The number of hydrogen-bond acceptors (Lipinski definition) is 5. The average molecular weight is 446 g/mol. The molecule has 0 saturated carbocycles. The highest BCUT2D eigenvalue weighted by Gasteiger charge is 2.14. The number of rotatable bonds is 5. The smallest absolute Gasteiger partial charge is 0.205 e. The Bertz CT molecular complexity index is 1060. The number of benzene rings is 2. The van der Waals surface area contributed by atoms with E-state index in [0.29, 0.717) is 27.9 Å². The van der Waals surface area contributed by atoms with Crippen LogP contribution in [0.2, 0.25) is 5.15 Å². The molecule has 2 aromatic carbocycles. The monoisotopic (exact) mass is 444 g/mol. The Hall–Kier alpha value is -2.55. The maximum atomic E-state index is 9.52. The molecule has 0 spiro atoms. The van der Waals surface area contributed by atoms with Crippen LogP contribution in [0, 0.1) is 0 Å². The molecular formula is C18H14BrClN6O. The molecule has 2 N–H and O–H groups in total. The zero-order valence-electron chi connectivity index (χ0n) is 14.0. The number of aromatic nitrogens is 6. The molecule has 0 aliphatic rings. The molecule has 0 bridgehead atoms. The first-order valence-electron chi connectivity index (χ1n) is 8.11. The average Bonchev–Trinajstić information content (AvgIpc) is 3.31. The van der Waals surface area contributed by atoms with E-state index in [9.17, 15) is 5.11 Å². The molecular weight excluding hydrogens is 432 g/mol. The lowest BCUT2D eigenvalue weighted by molar-refractivity contribution is 0.271. The molecule has 0 amide bonds. The van der Waals surface area contributed by atoms with Crippen molar-refractivity contribution < 1.29 is 5.11 Å². The van der Waals surface area contributed by atoms with Crippen molar-refractivity contribution in [1.29, 1.82) is 0 Å². The first kappa shape index (κ1) is 17.8. The molecule has 0 aliphatic carbocycles. The quantitative estimate of drug-likeness (QED) is 0.489. The normalized spacial score (nSPS) is 11.1. The van der Waals surface area contributed by atoms with Gasteiger partial charge < -0.3 is 9.67 Å². The summed E-state index contributed by atoms with van der Waals surface area (Å²) < 4.78 is 2.42. The fourth-order valence-electron chi connectivity index (χ4n) is 2.92. The van der Waals surface area contributed by atoms with Crippen molar-refractivity contribution in [3.05, 3.63) is 69.7 Å². The molecule has 4 aromatic rings. The number of aromatic amines is 1. The van der Waals surface area contributed by atoms with Crippen LogP contribution in [0.3, 0.4) is 0 Å². The summed E-state index contributed by atoms with van der Waals surface area (Å²) in [5.74, 6) is 0.555. The van der Waals surface area contributed by atoms with Gasteiger partial charge in [0.2, 0.25) is 5.82 Å². The third kappa shape index (κ3) is 3.51. The third-order valence-corrected chi connectivity index (χ3v) is 5.15. The van der Waals surface area contributed by atoms with Gasteiger partial charge in [-0.1, -0.05) is 60.1 Å². The predicted molar refractivity (Wildman–Crippen MR) is 105 cm³/mol. The molecule has 0 unspecified atom stereocenters. The van der Waals surface area contributed by atoms with E-state index in [4.69, 9.17) is 11.6 Å².